The lowest BCUT2D eigenvalue weighted by molar-refractivity contribution is 0.0636. The number of rotatable bonds is 3. The SMILES string of the molecule is CC(C)(C)OC(=O)Nc1ccc(Cl)cc1CCS. The summed E-state index contributed by atoms with van der Waals surface area (Å²) in [6, 6.07) is 5.33. The quantitative estimate of drug-likeness (QED) is 0.819. The van der Waals surface area contributed by atoms with Crippen LogP contribution in [-0.4, -0.2) is 17.4 Å². The van der Waals surface area contributed by atoms with Gasteiger partial charge in [0.2, 0.25) is 0 Å². The van der Waals surface area contributed by atoms with Crippen LogP contribution in [0, 0.1) is 0 Å². The maximum Gasteiger partial charge on any atom is 0.412 e. The van der Waals surface area contributed by atoms with Crippen LogP contribution in [0.3, 0.4) is 0 Å². The van der Waals surface area contributed by atoms with E-state index in [9.17, 15) is 4.79 Å². The normalized spacial score (nSPS) is 11.2. The van der Waals surface area contributed by atoms with E-state index in [1.165, 1.54) is 0 Å². The monoisotopic (exact) mass is 287 g/mol. The van der Waals surface area contributed by atoms with Gasteiger partial charge in [0.15, 0.2) is 0 Å². The highest BCUT2D eigenvalue weighted by Crippen LogP contribution is 2.22. The maximum atomic E-state index is 11.7. The van der Waals surface area contributed by atoms with Crippen LogP contribution in [-0.2, 0) is 11.2 Å². The first kappa shape index (κ1) is 15.2. The van der Waals surface area contributed by atoms with Crippen molar-refractivity contribution in [2.24, 2.45) is 0 Å². The van der Waals surface area contributed by atoms with Gasteiger partial charge in [-0.1, -0.05) is 11.6 Å². The second kappa shape index (κ2) is 6.34. The number of halogens is 1. The average Bonchev–Trinajstić information content (AvgIpc) is 2.20. The number of amides is 1. The number of hydrogen-bond acceptors (Lipinski definition) is 3. The Morgan fingerprint density at radius 2 is 2.11 bits per heavy atom. The molecule has 1 aromatic carbocycles. The standard InChI is InChI=1S/C13H18ClNO2S/c1-13(2,3)17-12(16)15-11-5-4-10(14)8-9(11)6-7-18/h4-5,8,18H,6-7H2,1-3H3,(H,15,16). The molecule has 0 aliphatic carbocycles. The zero-order valence-electron chi connectivity index (χ0n) is 10.8. The van der Waals surface area contributed by atoms with Crippen LogP contribution in [0.4, 0.5) is 10.5 Å². The van der Waals surface area contributed by atoms with Crippen LogP contribution in [0.1, 0.15) is 26.3 Å². The second-order valence-electron chi connectivity index (χ2n) is 4.90. The molecule has 0 bridgehead atoms. The van der Waals surface area contributed by atoms with Crippen molar-refractivity contribution in [2.75, 3.05) is 11.1 Å². The van der Waals surface area contributed by atoms with Crippen LogP contribution in [0.5, 0.6) is 0 Å². The minimum absolute atomic E-state index is 0.467. The molecule has 0 saturated carbocycles. The molecule has 1 rings (SSSR count). The average molecular weight is 288 g/mol. The summed E-state index contributed by atoms with van der Waals surface area (Å²) >= 11 is 10.1. The molecular weight excluding hydrogens is 270 g/mol. The van der Waals surface area contributed by atoms with Crippen LogP contribution in [0.15, 0.2) is 18.2 Å². The molecule has 0 fully saturated rings. The molecule has 0 aliphatic heterocycles. The minimum atomic E-state index is -0.514. The van der Waals surface area contributed by atoms with Gasteiger partial charge in [-0.3, -0.25) is 5.32 Å². The van der Waals surface area contributed by atoms with Crippen LogP contribution >= 0.6 is 24.2 Å². The zero-order valence-corrected chi connectivity index (χ0v) is 12.4. The summed E-state index contributed by atoms with van der Waals surface area (Å²) in [7, 11) is 0. The number of hydrogen-bond donors (Lipinski definition) is 2. The number of nitrogens with one attached hydrogen (secondary N) is 1. The first-order valence-electron chi connectivity index (χ1n) is 5.71. The Hall–Kier alpha value is -0.870. The van der Waals surface area contributed by atoms with E-state index in [0.29, 0.717) is 16.5 Å². The predicted molar refractivity (Wildman–Crippen MR) is 78.9 cm³/mol. The molecule has 0 atom stereocenters. The Morgan fingerprint density at radius 1 is 1.44 bits per heavy atom. The number of thiol groups is 1. The lowest BCUT2D eigenvalue weighted by atomic mass is 10.1. The third-order valence-corrected chi connectivity index (χ3v) is 2.54. The van der Waals surface area contributed by atoms with Crippen molar-refractivity contribution in [1.29, 1.82) is 0 Å². The first-order valence-corrected chi connectivity index (χ1v) is 6.72. The number of anilines is 1. The van der Waals surface area contributed by atoms with Gasteiger partial charge < -0.3 is 4.74 Å². The molecule has 0 heterocycles. The lowest BCUT2D eigenvalue weighted by Gasteiger charge is -2.20. The van der Waals surface area contributed by atoms with E-state index in [1.807, 2.05) is 26.8 Å². The van der Waals surface area contributed by atoms with E-state index in [4.69, 9.17) is 16.3 Å². The molecular formula is C13H18ClNO2S. The number of benzene rings is 1. The molecule has 0 spiro atoms. The smallest absolute Gasteiger partial charge is 0.412 e. The maximum absolute atomic E-state index is 11.7. The Kier molecular flexibility index (Phi) is 5.35. The topological polar surface area (TPSA) is 38.3 Å². The summed E-state index contributed by atoms with van der Waals surface area (Å²) in [5, 5.41) is 3.37. The zero-order chi connectivity index (χ0) is 13.8. The predicted octanol–water partition coefficient (Wildman–Crippen LogP) is 4.16. The van der Waals surface area contributed by atoms with Gasteiger partial charge in [-0.05, 0) is 56.7 Å². The van der Waals surface area contributed by atoms with Crippen LogP contribution in [0.2, 0.25) is 5.02 Å². The van der Waals surface area contributed by atoms with Gasteiger partial charge in [-0.15, -0.1) is 0 Å². The third-order valence-electron chi connectivity index (χ3n) is 2.08. The molecule has 0 unspecified atom stereocenters. The highest BCUT2D eigenvalue weighted by Gasteiger charge is 2.17. The van der Waals surface area contributed by atoms with Crippen molar-refractivity contribution in [2.45, 2.75) is 32.8 Å². The van der Waals surface area contributed by atoms with Crippen molar-refractivity contribution in [3.05, 3.63) is 28.8 Å². The van der Waals surface area contributed by atoms with Gasteiger partial charge in [0.05, 0.1) is 0 Å². The van der Waals surface area contributed by atoms with E-state index in [2.05, 4.69) is 17.9 Å². The van der Waals surface area contributed by atoms with Crippen LogP contribution < -0.4 is 5.32 Å². The Morgan fingerprint density at radius 3 is 2.67 bits per heavy atom. The highest BCUT2D eigenvalue weighted by atomic mass is 35.5. The number of carbonyl (C=O) groups excluding carboxylic acids is 1. The van der Waals surface area contributed by atoms with Gasteiger partial charge in [-0.2, -0.15) is 12.6 Å². The van der Waals surface area contributed by atoms with Crippen molar-refractivity contribution in [1.82, 2.24) is 0 Å². The highest BCUT2D eigenvalue weighted by molar-refractivity contribution is 7.80. The van der Waals surface area contributed by atoms with E-state index < -0.39 is 11.7 Å². The van der Waals surface area contributed by atoms with Gasteiger partial charge in [-0.25, -0.2) is 4.79 Å². The van der Waals surface area contributed by atoms with Crippen molar-refractivity contribution in [3.8, 4) is 0 Å². The van der Waals surface area contributed by atoms with Crippen molar-refractivity contribution >= 4 is 36.0 Å². The lowest BCUT2D eigenvalue weighted by Crippen LogP contribution is -2.27. The second-order valence-corrected chi connectivity index (χ2v) is 5.79. The fraction of sp³-hybridized carbons (Fsp3) is 0.462. The first-order chi connectivity index (χ1) is 8.31. The fourth-order valence-corrected chi connectivity index (χ4v) is 1.86. The molecule has 18 heavy (non-hydrogen) atoms. The number of aryl methyl sites for hydroxylation is 1. The van der Waals surface area contributed by atoms with Gasteiger partial charge in [0.25, 0.3) is 0 Å². The number of ether oxygens (including phenoxy) is 1. The van der Waals surface area contributed by atoms with E-state index in [-0.39, 0.29) is 0 Å². The molecule has 0 saturated heterocycles. The molecule has 100 valence electrons. The fourth-order valence-electron chi connectivity index (χ4n) is 1.43. The summed E-state index contributed by atoms with van der Waals surface area (Å²) in [5.41, 5.74) is 1.14. The van der Waals surface area contributed by atoms with E-state index in [0.717, 1.165) is 12.0 Å². The molecule has 0 aromatic heterocycles. The van der Waals surface area contributed by atoms with E-state index >= 15 is 0 Å². The third kappa shape index (κ3) is 5.19. The summed E-state index contributed by atoms with van der Waals surface area (Å²) < 4.78 is 5.20. The van der Waals surface area contributed by atoms with Crippen LogP contribution in [0.25, 0.3) is 0 Å². The van der Waals surface area contributed by atoms with Gasteiger partial charge in [0.1, 0.15) is 5.60 Å². The number of carbonyl (C=O) groups is 1. The molecule has 0 radical (unpaired) electrons. The molecule has 1 aromatic rings. The summed E-state index contributed by atoms with van der Waals surface area (Å²) in [6.07, 6.45) is 0.264. The molecule has 5 heteroatoms. The van der Waals surface area contributed by atoms with Crippen molar-refractivity contribution < 1.29 is 9.53 Å². The molecule has 1 N–H and O–H groups in total. The Bertz CT molecular complexity index is 429. The largest absolute Gasteiger partial charge is 0.444 e. The van der Waals surface area contributed by atoms with Crippen molar-refractivity contribution in [3.63, 3.8) is 0 Å². The molecule has 0 aliphatic rings. The molecule has 1 amide bonds. The van der Waals surface area contributed by atoms with E-state index in [1.54, 1.807) is 12.1 Å². The van der Waals surface area contributed by atoms with Gasteiger partial charge >= 0.3 is 6.09 Å². The van der Waals surface area contributed by atoms with Gasteiger partial charge in [0, 0.05) is 10.7 Å². The Labute approximate surface area is 118 Å². The summed E-state index contributed by atoms with van der Waals surface area (Å²) in [6.45, 7) is 5.47. The Balaban J connectivity index is 2.80. The summed E-state index contributed by atoms with van der Waals surface area (Å²) in [5.74, 6) is 0.684. The molecule has 3 nitrogen and oxygen atoms in total. The summed E-state index contributed by atoms with van der Waals surface area (Å²) in [4.78, 5) is 11.7. The minimum Gasteiger partial charge on any atom is -0.444 e.